The van der Waals surface area contributed by atoms with Gasteiger partial charge in [-0.1, -0.05) is 0 Å². The number of likely N-dealkylation sites (tertiary alicyclic amines) is 1. The van der Waals surface area contributed by atoms with Crippen molar-refractivity contribution in [1.82, 2.24) is 4.90 Å². The number of benzene rings is 1. The molecule has 0 unspecified atom stereocenters. The van der Waals surface area contributed by atoms with Crippen LogP contribution in [0.25, 0.3) is 0 Å². The SMILES string of the molecule is COc1cc(CN2CCC(CN)CC2)cc(Br)c1O. The molecule has 0 atom stereocenters. The fourth-order valence-electron chi connectivity index (χ4n) is 2.51. The van der Waals surface area contributed by atoms with Crippen molar-refractivity contribution in [2.75, 3.05) is 26.7 Å². The van der Waals surface area contributed by atoms with Gasteiger partial charge < -0.3 is 15.6 Å². The summed E-state index contributed by atoms with van der Waals surface area (Å²) in [5.41, 5.74) is 6.85. The van der Waals surface area contributed by atoms with Crippen molar-refractivity contribution < 1.29 is 9.84 Å². The van der Waals surface area contributed by atoms with E-state index in [2.05, 4.69) is 20.8 Å². The number of phenols is 1. The van der Waals surface area contributed by atoms with Crippen LogP contribution in [0.2, 0.25) is 0 Å². The lowest BCUT2D eigenvalue weighted by Crippen LogP contribution is -2.35. The van der Waals surface area contributed by atoms with Crippen LogP contribution in [-0.2, 0) is 6.54 Å². The first-order chi connectivity index (χ1) is 9.13. The molecule has 1 aliphatic rings. The summed E-state index contributed by atoms with van der Waals surface area (Å²) in [5.74, 6) is 1.35. The van der Waals surface area contributed by atoms with Crippen molar-refractivity contribution in [1.29, 1.82) is 0 Å². The number of piperidine rings is 1. The predicted molar refractivity (Wildman–Crippen MR) is 79.4 cm³/mol. The second-order valence-electron chi connectivity index (χ2n) is 5.08. The number of hydrogen-bond donors (Lipinski definition) is 2. The number of hydrogen-bond acceptors (Lipinski definition) is 4. The number of nitrogens with two attached hydrogens (primary N) is 1. The predicted octanol–water partition coefficient (Wildman–Crippen LogP) is 2.33. The Balaban J connectivity index is 2.02. The lowest BCUT2D eigenvalue weighted by atomic mass is 9.97. The maximum absolute atomic E-state index is 9.80. The molecule has 0 saturated carbocycles. The Labute approximate surface area is 122 Å². The van der Waals surface area contributed by atoms with E-state index in [4.69, 9.17) is 10.5 Å². The zero-order chi connectivity index (χ0) is 13.8. The Morgan fingerprint density at radius 2 is 2.11 bits per heavy atom. The molecular formula is C14H21BrN2O2. The molecule has 1 heterocycles. The third kappa shape index (κ3) is 3.61. The zero-order valence-electron chi connectivity index (χ0n) is 11.2. The summed E-state index contributed by atoms with van der Waals surface area (Å²) in [6, 6.07) is 3.85. The number of nitrogens with zero attached hydrogens (tertiary/aromatic N) is 1. The van der Waals surface area contributed by atoms with Gasteiger partial charge in [0.15, 0.2) is 11.5 Å². The summed E-state index contributed by atoms with van der Waals surface area (Å²) in [4.78, 5) is 2.42. The lowest BCUT2D eigenvalue weighted by Gasteiger charge is -2.31. The van der Waals surface area contributed by atoms with Crippen molar-refractivity contribution in [2.24, 2.45) is 11.7 Å². The van der Waals surface area contributed by atoms with E-state index in [-0.39, 0.29) is 5.75 Å². The monoisotopic (exact) mass is 328 g/mol. The third-order valence-corrected chi connectivity index (χ3v) is 4.36. The summed E-state index contributed by atoms with van der Waals surface area (Å²) in [7, 11) is 1.57. The van der Waals surface area contributed by atoms with E-state index in [0.717, 1.165) is 31.7 Å². The fraction of sp³-hybridized carbons (Fsp3) is 0.571. The summed E-state index contributed by atoms with van der Waals surface area (Å²) < 4.78 is 5.85. The topological polar surface area (TPSA) is 58.7 Å². The molecule has 1 fully saturated rings. The molecule has 0 radical (unpaired) electrons. The van der Waals surface area contributed by atoms with Gasteiger partial charge in [0, 0.05) is 6.54 Å². The molecule has 0 amide bonds. The Morgan fingerprint density at radius 1 is 1.42 bits per heavy atom. The molecule has 0 spiro atoms. The summed E-state index contributed by atoms with van der Waals surface area (Å²) in [6.45, 7) is 3.85. The van der Waals surface area contributed by atoms with Crippen LogP contribution in [0.3, 0.4) is 0 Å². The smallest absolute Gasteiger partial charge is 0.172 e. The van der Waals surface area contributed by atoms with Gasteiger partial charge in [0.25, 0.3) is 0 Å². The van der Waals surface area contributed by atoms with Gasteiger partial charge in [-0.15, -0.1) is 0 Å². The molecule has 3 N–H and O–H groups in total. The number of ether oxygens (including phenoxy) is 1. The maximum Gasteiger partial charge on any atom is 0.172 e. The molecule has 5 heteroatoms. The first-order valence-corrected chi connectivity index (χ1v) is 7.41. The van der Waals surface area contributed by atoms with E-state index >= 15 is 0 Å². The number of methoxy groups -OCH3 is 1. The zero-order valence-corrected chi connectivity index (χ0v) is 12.8. The number of rotatable bonds is 4. The van der Waals surface area contributed by atoms with Gasteiger partial charge >= 0.3 is 0 Å². The van der Waals surface area contributed by atoms with E-state index in [0.29, 0.717) is 16.1 Å². The van der Waals surface area contributed by atoms with Gasteiger partial charge in [-0.05, 0) is 72.0 Å². The summed E-state index contributed by atoms with van der Waals surface area (Å²) >= 11 is 3.36. The van der Waals surface area contributed by atoms with E-state index < -0.39 is 0 Å². The molecule has 0 aromatic heterocycles. The van der Waals surface area contributed by atoms with Crippen LogP contribution >= 0.6 is 15.9 Å². The summed E-state index contributed by atoms with van der Waals surface area (Å²) in [6.07, 6.45) is 2.35. The largest absolute Gasteiger partial charge is 0.503 e. The van der Waals surface area contributed by atoms with Gasteiger partial charge in [0.05, 0.1) is 11.6 Å². The van der Waals surface area contributed by atoms with E-state index in [9.17, 15) is 5.11 Å². The van der Waals surface area contributed by atoms with Crippen molar-refractivity contribution in [3.05, 3.63) is 22.2 Å². The number of aromatic hydroxyl groups is 1. The van der Waals surface area contributed by atoms with Gasteiger partial charge in [0.2, 0.25) is 0 Å². The van der Waals surface area contributed by atoms with Crippen LogP contribution < -0.4 is 10.5 Å². The van der Waals surface area contributed by atoms with Crippen molar-refractivity contribution in [2.45, 2.75) is 19.4 Å². The van der Waals surface area contributed by atoms with Crippen LogP contribution in [0.15, 0.2) is 16.6 Å². The van der Waals surface area contributed by atoms with E-state index in [1.807, 2.05) is 12.1 Å². The minimum absolute atomic E-state index is 0.160. The average Bonchev–Trinajstić information content (AvgIpc) is 2.43. The molecule has 1 aromatic rings. The second kappa shape index (κ2) is 6.59. The average molecular weight is 329 g/mol. The van der Waals surface area contributed by atoms with Gasteiger partial charge in [-0.2, -0.15) is 0 Å². The van der Waals surface area contributed by atoms with Crippen LogP contribution in [0.1, 0.15) is 18.4 Å². The molecule has 1 aromatic carbocycles. The van der Waals surface area contributed by atoms with Gasteiger partial charge in [0.1, 0.15) is 0 Å². The van der Waals surface area contributed by atoms with Gasteiger partial charge in [-0.3, -0.25) is 4.90 Å². The minimum atomic E-state index is 0.160. The molecule has 2 rings (SSSR count). The molecule has 0 bridgehead atoms. The van der Waals surface area contributed by atoms with Crippen LogP contribution in [0.5, 0.6) is 11.5 Å². The Morgan fingerprint density at radius 3 is 2.68 bits per heavy atom. The quantitative estimate of drug-likeness (QED) is 0.890. The third-order valence-electron chi connectivity index (χ3n) is 3.75. The summed E-state index contributed by atoms with van der Waals surface area (Å²) in [5, 5.41) is 9.80. The Bertz CT molecular complexity index is 432. The maximum atomic E-state index is 9.80. The van der Waals surface area contributed by atoms with Crippen LogP contribution in [0.4, 0.5) is 0 Å². The first kappa shape index (κ1) is 14.6. The van der Waals surface area contributed by atoms with E-state index in [1.54, 1.807) is 7.11 Å². The molecule has 4 nitrogen and oxygen atoms in total. The molecule has 106 valence electrons. The van der Waals surface area contributed by atoms with Crippen molar-refractivity contribution in [3.8, 4) is 11.5 Å². The Hall–Kier alpha value is -0.780. The van der Waals surface area contributed by atoms with Crippen molar-refractivity contribution >= 4 is 15.9 Å². The second-order valence-corrected chi connectivity index (χ2v) is 5.94. The highest BCUT2D eigenvalue weighted by Crippen LogP contribution is 2.35. The molecule has 19 heavy (non-hydrogen) atoms. The minimum Gasteiger partial charge on any atom is -0.503 e. The van der Waals surface area contributed by atoms with E-state index in [1.165, 1.54) is 12.8 Å². The highest BCUT2D eigenvalue weighted by molar-refractivity contribution is 9.10. The molecule has 1 aliphatic heterocycles. The number of halogens is 1. The molecule has 1 saturated heterocycles. The molecule has 0 aliphatic carbocycles. The highest BCUT2D eigenvalue weighted by atomic mass is 79.9. The standard InChI is InChI=1S/C14H21BrN2O2/c1-19-13-7-11(6-12(15)14(13)18)9-17-4-2-10(8-16)3-5-17/h6-7,10,18H,2-5,8-9,16H2,1H3. The Kier molecular flexibility index (Phi) is 5.07. The van der Waals surface area contributed by atoms with Gasteiger partial charge in [-0.25, -0.2) is 0 Å². The lowest BCUT2D eigenvalue weighted by molar-refractivity contribution is 0.180. The van der Waals surface area contributed by atoms with Crippen LogP contribution in [0, 0.1) is 5.92 Å². The number of phenolic OH excluding ortho intramolecular Hbond substituents is 1. The fourth-order valence-corrected chi connectivity index (χ4v) is 3.00. The molecular weight excluding hydrogens is 308 g/mol. The normalized spacial score (nSPS) is 17.6. The first-order valence-electron chi connectivity index (χ1n) is 6.61. The highest BCUT2D eigenvalue weighted by Gasteiger charge is 2.18. The van der Waals surface area contributed by atoms with Crippen molar-refractivity contribution in [3.63, 3.8) is 0 Å². The van der Waals surface area contributed by atoms with Crippen LogP contribution in [-0.4, -0.2) is 36.8 Å².